The van der Waals surface area contributed by atoms with Crippen molar-refractivity contribution < 1.29 is 9.53 Å². The Morgan fingerprint density at radius 2 is 1.79 bits per heavy atom. The van der Waals surface area contributed by atoms with Crippen LogP contribution in [-0.2, 0) is 15.1 Å². The van der Waals surface area contributed by atoms with Gasteiger partial charge in [-0.15, -0.1) is 0 Å². The average molecular weight is 320 g/mol. The first kappa shape index (κ1) is 17.3. The summed E-state index contributed by atoms with van der Waals surface area (Å²) < 4.78 is 4.89. The standard InChI is InChI=1S/C20H20N2O2/c1-2-24-19(23)14-9-15-20(16-21,17-10-5-3-6-11-17)22-18-12-7-4-8-13-18/h3-14,22H,2,15H2,1H3/b14-9+. The number of rotatable bonds is 7. The van der Waals surface area contributed by atoms with Crippen LogP contribution in [0.15, 0.2) is 72.8 Å². The van der Waals surface area contributed by atoms with Gasteiger partial charge < -0.3 is 10.1 Å². The van der Waals surface area contributed by atoms with E-state index in [0.29, 0.717) is 13.0 Å². The van der Waals surface area contributed by atoms with Gasteiger partial charge in [-0.25, -0.2) is 4.79 Å². The van der Waals surface area contributed by atoms with Gasteiger partial charge in [-0.05, 0) is 24.6 Å². The third-order valence-electron chi connectivity index (χ3n) is 3.55. The molecule has 4 heteroatoms. The van der Waals surface area contributed by atoms with Crippen molar-refractivity contribution in [3.8, 4) is 6.07 Å². The Morgan fingerprint density at radius 3 is 2.38 bits per heavy atom. The average Bonchev–Trinajstić information content (AvgIpc) is 2.62. The van der Waals surface area contributed by atoms with Crippen molar-refractivity contribution in [1.29, 1.82) is 5.26 Å². The van der Waals surface area contributed by atoms with Gasteiger partial charge in [-0.2, -0.15) is 5.26 Å². The molecule has 0 fully saturated rings. The molecular weight excluding hydrogens is 300 g/mol. The van der Waals surface area contributed by atoms with E-state index >= 15 is 0 Å². The number of nitrogens with zero attached hydrogens (tertiary/aromatic N) is 1. The van der Waals surface area contributed by atoms with E-state index in [1.165, 1.54) is 6.08 Å². The number of anilines is 1. The quantitative estimate of drug-likeness (QED) is 0.618. The van der Waals surface area contributed by atoms with Gasteiger partial charge >= 0.3 is 5.97 Å². The molecule has 1 unspecified atom stereocenters. The molecule has 2 aromatic rings. The first-order chi connectivity index (χ1) is 11.7. The second-order valence-corrected chi connectivity index (χ2v) is 5.23. The summed E-state index contributed by atoms with van der Waals surface area (Å²) >= 11 is 0. The molecule has 2 rings (SSSR count). The fourth-order valence-corrected chi connectivity index (χ4v) is 2.39. The molecule has 0 aliphatic carbocycles. The minimum atomic E-state index is -0.967. The molecule has 0 radical (unpaired) electrons. The third kappa shape index (κ3) is 4.47. The van der Waals surface area contributed by atoms with Gasteiger partial charge in [0.25, 0.3) is 0 Å². The second kappa shape index (κ2) is 8.54. The Hall–Kier alpha value is -3.06. The summed E-state index contributed by atoms with van der Waals surface area (Å²) in [5.41, 5.74) is 0.711. The lowest BCUT2D eigenvalue weighted by Crippen LogP contribution is -2.33. The maximum atomic E-state index is 11.5. The van der Waals surface area contributed by atoms with E-state index < -0.39 is 11.5 Å². The van der Waals surface area contributed by atoms with E-state index in [2.05, 4.69) is 11.4 Å². The molecular formula is C20H20N2O2. The molecule has 0 bridgehead atoms. The van der Waals surface area contributed by atoms with Crippen LogP contribution in [0.4, 0.5) is 5.69 Å². The molecule has 2 aromatic carbocycles. The normalized spacial score (nSPS) is 13.0. The molecule has 4 nitrogen and oxygen atoms in total. The summed E-state index contributed by atoms with van der Waals surface area (Å²) in [5.74, 6) is -0.405. The van der Waals surface area contributed by atoms with Crippen LogP contribution in [-0.4, -0.2) is 12.6 Å². The number of nitriles is 1. The number of carbonyl (C=O) groups is 1. The number of hydrogen-bond donors (Lipinski definition) is 1. The third-order valence-corrected chi connectivity index (χ3v) is 3.55. The summed E-state index contributed by atoms with van der Waals surface area (Å²) in [4.78, 5) is 11.5. The molecule has 0 heterocycles. The number of hydrogen-bond acceptors (Lipinski definition) is 4. The highest BCUT2D eigenvalue weighted by Gasteiger charge is 2.31. The summed E-state index contributed by atoms with van der Waals surface area (Å²) in [7, 11) is 0. The number of para-hydroxylation sites is 1. The van der Waals surface area contributed by atoms with Crippen molar-refractivity contribution in [1.82, 2.24) is 0 Å². The minimum Gasteiger partial charge on any atom is -0.463 e. The van der Waals surface area contributed by atoms with Crippen LogP contribution in [0, 0.1) is 11.3 Å². The molecule has 1 atom stereocenters. The van der Waals surface area contributed by atoms with E-state index in [1.807, 2.05) is 60.7 Å². The molecule has 1 N–H and O–H groups in total. The van der Waals surface area contributed by atoms with Crippen LogP contribution in [0.1, 0.15) is 18.9 Å². The summed E-state index contributed by atoms with van der Waals surface area (Å²) in [6.45, 7) is 2.08. The second-order valence-electron chi connectivity index (χ2n) is 5.23. The van der Waals surface area contributed by atoms with Gasteiger partial charge in [0.1, 0.15) is 0 Å². The van der Waals surface area contributed by atoms with Crippen molar-refractivity contribution in [2.75, 3.05) is 11.9 Å². The van der Waals surface area contributed by atoms with Crippen molar-refractivity contribution in [2.24, 2.45) is 0 Å². The Bertz CT molecular complexity index is 720. The van der Waals surface area contributed by atoms with Gasteiger partial charge in [0.2, 0.25) is 0 Å². The maximum Gasteiger partial charge on any atom is 0.330 e. The maximum absolute atomic E-state index is 11.5. The van der Waals surface area contributed by atoms with Crippen LogP contribution < -0.4 is 5.32 Å². The zero-order valence-electron chi connectivity index (χ0n) is 13.6. The molecule has 0 amide bonds. The van der Waals surface area contributed by atoms with Crippen molar-refractivity contribution >= 4 is 11.7 Å². The zero-order chi connectivity index (χ0) is 17.3. The van der Waals surface area contributed by atoms with E-state index in [-0.39, 0.29) is 0 Å². The SMILES string of the molecule is CCOC(=O)/C=C/CC(C#N)(Nc1ccccc1)c1ccccc1. The topological polar surface area (TPSA) is 62.1 Å². The lowest BCUT2D eigenvalue weighted by Gasteiger charge is -2.28. The summed E-state index contributed by atoms with van der Waals surface area (Å²) in [5, 5.41) is 13.2. The molecule has 0 aliphatic rings. The Morgan fingerprint density at radius 1 is 1.17 bits per heavy atom. The number of ether oxygens (including phenoxy) is 1. The Kier molecular flexibility index (Phi) is 6.16. The van der Waals surface area contributed by atoms with Gasteiger partial charge in [0.15, 0.2) is 5.54 Å². The number of nitrogens with one attached hydrogen (secondary N) is 1. The molecule has 24 heavy (non-hydrogen) atoms. The highest BCUT2D eigenvalue weighted by molar-refractivity contribution is 5.81. The Labute approximate surface area is 142 Å². The lowest BCUT2D eigenvalue weighted by atomic mass is 9.87. The van der Waals surface area contributed by atoms with E-state index in [9.17, 15) is 10.1 Å². The van der Waals surface area contributed by atoms with Crippen LogP contribution >= 0.6 is 0 Å². The summed E-state index contributed by atoms with van der Waals surface area (Å²) in [6.07, 6.45) is 3.37. The first-order valence-electron chi connectivity index (χ1n) is 7.83. The van der Waals surface area contributed by atoms with Crippen molar-refractivity contribution in [3.63, 3.8) is 0 Å². The van der Waals surface area contributed by atoms with E-state index in [4.69, 9.17) is 4.74 Å². The van der Waals surface area contributed by atoms with Gasteiger partial charge in [0, 0.05) is 18.2 Å². The van der Waals surface area contributed by atoms with E-state index in [0.717, 1.165) is 11.3 Å². The number of esters is 1. The fourth-order valence-electron chi connectivity index (χ4n) is 2.39. The smallest absolute Gasteiger partial charge is 0.330 e. The molecule has 0 aliphatic heterocycles. The predicted molar refractivity (Wildman–Crippen MR) is 94.2 cm³/mol. The van der Waals surface area contributed by atoms with Crippen LogP contribution in [0.25, 0.3) is 0 Å². The first-order valence-corrected chi connectivity index (χ1v) is 7.83. The predicted octanol–water partition coefficient (Wildman–Crippen LogP) is 4.03. The van der Waals surface area contributed by atoms with E-state index in [1.54, 1.807) is 13.0 Å². The van der Waals surface area contributed by atoms with Crippen molar-refractivity contribution in [3.05, 3.63) is 78.4 Å². The molecule has 0 spiro atoms. The zero-order valence-corrected chi connectivity index (χ0v) is 13.6. The summed E-state index contributed by atoms with van der Waals surface area (Å²) in [6, 6.07) is 21.4. The minimum absolute atomic E-state index is 0.327. The van der Waals surface area contributed by atoms with Crippen molar-refractivity contribution in [2.45, 2.75) is 18.9 Å². The van der Waals surface area contributed by atoms with Crippen LogP contribution in [0.2, 0.25) is 0 Å². The molecule has 0 saturated carbocycles. The largest absolute Gasteiger partial charge is 0.463 e. The van der Waals surface area contributed by atoms with Gasteiger partial charge in [-0.1, -0.05) is 54.6 Å². The lowest BCUT2D eigenvalue weighted by molar-refractivity contribution is -0.137. The molecule has 0 saturated heterocycles. The van der Waals surface area contributed by atoms with Crippen LogP contribution in [0.5, 0.6) is 0 Å². The highest BCUT2D eigenvalue weighted by Crippen LogP contribution is 2.29. The molecule has 122 valence electrons. The molecule has 0 aromatic heterocycles. The van der Waals surface area contributed by atoms with Crippen LogP contribution in [0.3, 0.4) is 0 Å². The monoisotopic (exact) mass is 320 g/mol. The van der Waals surface area contributed by atoms with Gasteiger partial charge in [0.05, 0.1) is 12.7 Å². The highest BCUT2D eigenvalue weighted by atomic mass is 16.5. The Balaban J connectivity index is 2.30. The fraction of sp³-hybridized carbons (Fsp3) is 0.200. The van der Waals surface area contributed by atoms with Gasteiger partial charge in [-0.3, -0.25) is 0 Å². The number of benzene rings is 2. The number of carbonyl (C=O) groups excluding carboxylic acids is 1.